The van der Waals surface area contributed by atoms with Crippen LogP contribution < -0.4 is 15.4 Å². The summed E-state index contributed by atoms with van der Waals surface area (Å²) in [7, 11) is 0. The van der Waals surface area contributed by atoms with E-state index in [0.717, 1.165) is 11.1 Å². The van der Waals surface area contributed by atoms with Crippen molar-refractivity contribution in [3.63, 3.8) is 0 Å². The van der Waals surface area contributed by atoms with Gasteiger partial charge < -0.3 is 15.4 Å². The molecule has 132 valence electrons. The Kier molecular flexibility index (Phi) is 6.17. The van der Waals surface area contributed by atoms with Crippen LogP contribution in [0.1, 0.15) is 35.3 Å². The first-order chi connectivity index (χ1) is 11.9. The molecule has 0 saturated carbocycles. The minimum absolute atomic E-state index is 0.0175. The molecule has 2 N–H and O–H groups in total. The third-order valence-corrected chi connectivity index (χ3v) is 3.57. The first-order valence-electron chi connectivity index (χ1n) is 8.26. The highest BCUT2D eigenvalue weighted by Crippen LogP contribution is 2.19. The summed E-state index contributed by atoms with van der Waals surface area (Å²) in [5.74, 6) is 0.146. The summed E-state index contributed by atoms with van der Waals surface area (Å²) in [5, 5.41) is 5.57. The van der Waals surface area contributed by atoms with Crippen LogP contribution in [0, 0.1) is 13.8 Å². The zero-order chi connectivity index (χ0) is 18.4. The quantitative estimate of drug-likeness (QED) is 0.846. The summed E-state index contributed by atoms with van der Waals surface area (Å²) in [6, 6.07) is 12.8. The van der Waals surface area contributed by atoms with Gasteiger partial charge in [0.05, 0.1) is 11.3 Å². The third kappa shape index (κ3) is 5.35. The van der Waals surface area contributed by atoms with Gasteiger partial charge in [-0.15, -0.1) is 0 Å². The van der Waals surface area contributed by atoms with Crippen molar-refractivity contribution in [3.05, 3.63) is 59.2 Å². The maximum Gasteiger partial charge on any atom is 0.262 e. The minimum Gasteiger partial charge on any atom is -0.483 e. The van der Waals surface area contributed by atoms with E-state index in [9.17, 15) is 9.59 Å². The van der Waals surface area contributed by atoms with Gasteiger partial charge in [0, 0.05) is 6.04 Å². The fraction of sp³-hybridized carbons (Fsp3) is 0.300. The fourth-order valence-corrected chi connectivity index (χ4v) is 2.32. The van der Waals surface area contributed by atoms with E-state index in [4.69, 9.17) is 4.74 Å². The lowest BCUT2D eigenvalue weighted by Crippen LogP contribution is -2.31. The Morgan fingerprint density at radius 2 is 1.80 bits per heavy atom. The molecule has 2 amide bonds. The number of benzene rings is 2. The number of amides is 2. The predicted octanol–water partition coefficient (Wildman–Crippen LogP) is 3.46. The number of rotatable bonds is 6. The number of carbonyl (C=O) groups excluding carboxylic acids is 2. The second kappa shape index (κ2) is 8.33. The lowest BCUT2D eigenvalue weighted by atomic mass is 10.1. The van der Waals surface area contributed by atoms with Gasteiger partial charge in [-0.05, 0) is 57.0 Å². The Bertz CT molecular complexity index is 769. The van der Waals surface area contributed by atoms with Crippen molar-refractivity contribution in [2.75, 3.05) is 11.9 Å². The van der Waals surface area contributed by atoms with Crippen LogP contribution in [-0.4, -0.2) is 24.5 Å². The molecule has 0 aliphatic carbocycles. The van der Waals surface area contributed by atoms with Crippen LogP contribution in [0.2, 0.25) is 0 Å². The normalized spacial score (nSPS) is 10.4. The van der Waals surface area contributed by atoms with Gasteiger partial charge in [0.2, 0.25) is 0 Å². The van der Waals surface area contributed by atoms with Crippen LogP contribution in [0.25, 0.3) is 0 Å². The molecule has 5 nitrogen and oxygen atoms in total. The number of hydrogen-bond acceptors (Lipinski definition) is 3. The summed E-state index contributed by atoms with van der Waals surface area (Å²) >= 11 is 0. The number of nitrogens with one attached hydrogen (secondary N) is 2. The van der Waals surface area contributed by atoms with Crippen molar-refractivity contribution in [1.29, 1.82) is 0 Å². The molecule has 2 aromatic rings. The van der Waals surface area contributed by atoms with Crippen LogP contribution in [-0.2, 0) is 4.79 Å². The summed E-state index contributed by atoms with van der Waals surface area (Å²) in [6.45, 7) is 7.55. The van der Waals surface area contributed by atoms with E-state index in [1.165, 1.54) is 0 Å². The minimum atomic E-state index is -0.314. The summed E-state index contributed by atoms with van der Waals surface area (Å²) in [6.07, 6.45) is 0. The molecule has 0 heterocycles. The number of hydrogen-bond donors (Lipinski definition) is 2. The van der Waals surface area contributed by atoms with Gasteiger partial charge in [-0.2, -0.15) is 0 Å². The molecular formula is C20H24N2O3. The van der Waals surface area contributed by atoms with Crippen LogP contribution in [0.15, 0.2) is 42.5 Å². The molecule has 0 saturated heterocycles. The van der Waals surface area contributed by atoms with E-state index in [-0.39, 0.29) is 24.5 Å². The first kappa shape index (κ1) is 18.5. The van der Waals surface area contributed by atoms with E-state index in [1.807, 2.05) is 45.9 Å². The number of ether oxygens (including phenoxy) is 1. The number of aryl methyl sites for hydroxylation is 2. The van der Waals surface area contributed by atoms with Gasteiger partial charge in [0.15, 0.2) is 6.61 Å². The van der Waals surface area contributed by atoms with Gasteiger partial charge >= 0.3 is 0 Å². The van der Waals surface area contributed by atoms with Gasteiger partial charge in [-0.3, -0.25) is 9.59 Å². The second-order valence-electron chi connectivity index (χ2n) is 6.28. The standard InChI is InChI=1S/C20H24N2O3/c1-13(2)21-20(24)16-7-5-6-8-17(16)22-19(23)12-25-18-11-14(3)9-10-15(18)4/h5-11,13H,12H2,1-4H3,(H,21,24)(H,22,23). The Hall–Kier alpha value is -2.82. The molecule has 0 radical (unpaired) electrons. The maximum atomic E-state index is 12.2. The van der Waals surface area contributed by atoms with Crippen LogP contribution in [0.4, 0.5) is 5.69 Å². The largest absolute Gasteiger partial charge is 0.483 e. The van der Waals surface area contributed by atoms with Crippen LogP contribution in [0.5, 0.6) is 5.75 Å². The average Bonchev–Trinajstić information content (AvgIpc) is 2.55. The molecule has 5 heteroatoms. The maximum absolute atomic E-state index is 12.2. The Morgan fingerprint density at radius 1 is 1.08 bits per heavy atom. The highest BCUT2D eigenvalue weighted by atomic mass is 16.5. The van der Waals surface area contributed by atoms with Gasteiger partial charge in [0.1, 0.15) is 5.75 Å². The summed E-state index contributed by atoms with van der Waals surface area (Å²) in [4.78, 5) is 24.4. The van der Waals surface area contributed by atoms with E-state index in [2.05, 4.69) is 10.6 Å². The molecule has 0 aliphatic heterocycles. The monoisotopic (exact) mass is 340 g/mol. The Labute approximate surface area is 148 Å². The van der Waals surface area contributed by atoms with Gasteiger partial charge in [0.25, 0.3) is 11.8 Å². The van der Waals surface area contributed by atoms with Crippen LogP contribution >= 0.6 is 0 Å². The third-order valence-electron chi connectivity index (χ3n) is 3.57. The van der Waals surface area contributed by atoms with E-state index < -0.39 is 0 Å². The van der Waals surface area contributed by atoms with Gasteiger partial charge in [-0.1, -0.05) is 24.3 Å². The van der Waals surface area contributed by atoms with E-state index >= 15 is 0 Å². The highest BCUT2D eigenvalue weighted by Gasteiger charge is 2.14. The SMILES string of the molecule is Cc1ccc(C)c(OCC(=O)Nc2ccccc2C(=O)NC(C)C)c1. The number of para-hydroxylation sites is 1. The van der Waals surface area contributed by atoms with Crippen LogP contribution in [0.3, 0.4) is 0 Å². The molecule has 0 spiro atoms. The number of carbonyl (C=O) groups is 2. The number of anilines is 1. The zero-order valence-electron chi connectivity index (χ0n) is 15.1. The van der Waals surface area contributed by atoms with E-state index in [0.29, 0.717) is 17.0 Å². The zero-order valence-corrected chi connectivity index (χ0v) is 15.1. The second-order valence-corrected chi connectivity index (χ2v) is 6.28. The van der Waals surface area contributed by atoms with Crippen molar-refractivity contribution in [1.82, 2.24) is 5.32 Å². The summed E-state index contributed by atoms with van der Waals surface area (Å²) < 4.78 is 5.60. The van der Waals surface area contributed by atoms with Crippen molar-refractivity contribution in [2.24, 2.45) is 0 Å². The highest BCUT2D eigenvalue weighted by molar-refractivity contribution is 6.04. The molecule has 2 aromatic carbocycles. The fourth-order valence-electron chi connectivity index (χ4n) is 2.32. The molecule has 0 bridgehead atoms. The smallest absolute Gasteiger partial charge is 0.262 e. The van der Waals surface area contributed by atoms with Crippen molar-refractivity contribution >= 4 is 17.5 Å². The first-order valence-corrected chi connectivity index (χ1v) is 8.26. The lowest BCUT2D eigenvalue weighted by molar-refractivity contribution is -0.118. The Balaban J connectivity index is 2.03. The molecule has 25 heavy (non-hydrogen) atoms. The summed E-state index contributed by atoms with van der Waals surface area (Å²) in [5.41, 5.74) is 2.93. The van der Waals surface area contributed by atoms with Gasteiger partial charge in [-0.25, -0.2) is 0 Å². The molecule has 0 aromatic heterocycles. The van der Waals surface area contributed by atoms with E-state index in [1.54, 1.807) is 24.3 Å². The molecular weight excluding hydrogens is 316 g/mol. The predicted molar refractivity (Wildman–Crippen MR) is 99.1 cm³/mol. The Morgan fingerprint density at radius 3 is 2.52 bits per heavy atom. The molecule has 0 unspecified atom stereocenters. The average molecular weight is 340 g/mol. The molecule has 0 fully saturated rings. The topological polar surface area (TPSA) is 67.4 Å². The van der Waals surface area contributed by atoms with Crippen molar-refractivity contribution in [3.8, 4) is 5.75 Å². The molecule has 2 rings (SSSR count). The van der Waals surface area contributed by atoms with Crippen molar-refractivity contribution in [2.45, 2.75) is 33.7 Å². The lowest BCUT2D eigenvalue weighted by Gasteiger charge is -2.14. The molecule has 0 atom stereocenters. The van der Waals surface area contributed by atoms with Crippen molar-refractivity contribution < 1.29 is 14.3 Å². The molecule has 0 aliphatic rings.